The number of aliphatic hydroxyl groups excluding tert-OH is 8. The third-order valence-corrected chi connectivity index (χ3v) is 22.4. The van der Waals surface area contributed by atoms with Crippen molar-refractivity contribution < 1.29 is 107 Å². The van der Waals surface area contributed by atoms with Crippen molar-refractivity contribution in [1.82, 2.24) is 0 Å². The lowest BCUT2D eigenvalue weighted by Crippen LogP contribution is -2.46. The molecule has 3 fully saturated rings. The van der Waals surface area contributed by atoms with Crippen LogP contribution in [-0.2, 0) is 66.4 Å². The Morgan fingerprint density at radius 3 is 1.09 bits per heavy atom. The van der Waals surface area contributed by atoms with Crippen molar-refractivity contribution in [3.05, 3.63) is 24.3 Å². The molecule has 0 spiro atoms. The number of carbonyl (C=O) groups is 2. The lowest BCUT2D eigenvalue weighted by Gasteiger charge is -2.38. The molecular weight excluding hydrogens is 1240 g/mol. The summed E-state index contributed by atoms with van der Waals surface area (Å²) < 4.78 is 73.4. The van der Waals surface area contributed by atoms with Crippen LogP contribution in [0.15, 0.2) is 24.3 Å². The van der Waals surface area contributed by atoms with Gasteiger partial charge < -0.3 is 97.7 Å². The number of esters is 2. The van der Waals surface area contributed by atoms with Gasteiger partial charge in [0.25, 0.3) is 0 Å². The molecule has 8 N–H and O–H groups in total. The molecule has 0 aromatic carbocycles. The normalized spacial score (nSPS) is 41.4. The molecule has 0 aromatic heterocycles. The molecule has 0 saturated carbocycles. The van der Waals surface area contributed by atoms with E-state index >= 15 is 0 Å². The molecule has 0 unspecified atom stereocenters. The zero-order valence-electron chi connectivity index (χ0n) is 61.2. The quantitative estimate of drug-likeness (QED) is 0.0477. The maximum Gasteiger partial charge on any atom is 0.308 e. The van der Waals surface area contributed by atoms with Crippen molar-refractivity contribution >= 4 is 11.9 Å². The van der Waals surface area contributed by atoms with Crippen molar-refractivity contribution in [2.24, 2.45) is 47.3 Å². The van der Waals surface area contributed by atoms with Crippen molar-refractivity contribution in [3.63, 3.8) is 0 Å². The molecule has 0 amide bonds. The monoisotopic (exact) mass is 1370 g/mol. The first-order chi connectivity index (χ1) is 45.5. The Morgan fingerprint density at radius 1 is 0.427 bits per heavy atom. The molecule has 5 heterocycles. The highest BCUT2D eigenvalue weighted by atomic mass is 16.6. The number of cyclic esters (lactones) is 2. The topological polar surface area (TPSA) is 307 Å². The van der Waals surface area contributed by atoms with Crippen LogP contribution < -0.4 is 0 Å². The van der Waals surface area contributed by atoms with Crippen LogP contribution in [0, 0.1) is 47.3 Å². The largest absolute Gasteiger partial charge is 0.462 e. The van der Waals surface area contributed by atoms with Crippen LogP contribution in [-0.4, -0.2) is 242 Å². The summed E-state index contributed by atoms with van der Waals surface area (Å²) in [7, 11) is 9.61. The molecule has 32 atom stereocenters. The number of rotatable bonds is 18. The zero-order valence-corrected chi connectivity index (χ0v) is 61.2. The second kappa shape index (κ2) is 42.3. The molecular formula is C74H132O22. The zero-order chi connectivity index (χ0) is 71.1. The van der Waals surface area contributed by atoms with Gasteiger partial charge in [-0.2, -0.15) is 0 Å². The third kappa shape index (κ3) is 26.8. The molecule has 96 heavy (non-hydrogen) atoms. The van der Waals surface area contributed by atoms with Crippen molar-refractivity contribution in [3.8, 4) is 0 Å². The van der Waals surface area contributed by atoms with E-state index in [0.717, 1.165) is 25.7 Å². The third-order valence-electron chi connectivity index (χ3n) is 22.4. The molecule has 22 heteroatoms. The molecule has 0 radical (unpaired) electrons. The van der Waals surface area contributed by atoms with Gasteiger partial charge in [-0.3, -0.25) is 9.59 Å². The molecule has 0 aliphatic carbocycles. The summed E-state index contributed by atoms with van der Waals surface area (Å²) >= 11 is 0. The maximum absolute atomic E-state index is 14.1. The first-order valence-corrected chi connectivity index (χ1v) is 36.5. The van der Waals surface area contributed by atoms with Gasteiger partial charge >= 0.3 is 11.9 Å². The van der Waals surface area contributed by atoms with Crippen molar-refractivity contribution in [2.45, 2.75) is 344 Å². The Labute approximate surface area is 575 Å². The van der Waals surface area contributed by atoms with E-state index in [1.165, 1.54) is 14.2 Å². The molecule has 560 valence electrons. The van der Waals surface area contributed by atoms with Crippen LogP contribution in [0.25, 0.3) is 0 Å². The maximum atomic E-state index is 14.1. The van der Waals surface area contributed by atoms with Crippen LogP contribution in [0.5, 0.6) is 0 Å². The Kier molecular flexibility index (Phi) is 37.2. The summed E-state index contributed by atoms with van der Waals surface area (Å²) in [5.41, 5.74) is 0. The fraction of sp³-hybridized carbons (Fsp3) is 0.919. The van der Waals surface area contributed by atoms with Crippen LogP contribution in [0.3, 0.4) is 0 Å². The molecule has 22 nitrogen and oxygen atoms in total. The van der Waals surface area contributed by atoms with E-state index in [2.05, 4.69) is 0 Å². The predicted molar refractivity (Wildman–Crippen MR) is 363 cm³/mol. The van der Waals surface area contributed by atoms with E-state index in [1.807, 2.05) is 65.8 Å². The molecule has 3 saturated heterocycles. The Morgan fingerprint density at radius 2 is 0.760 bits per heavy atom. The summed E-state index contributed by atoms with van der Waals surface area (Å²) in [6.45, 7) is 18.7. The highest BCUT2D eigenvalue weighted by molar-refractivity contribution is 5.70. The smallest absolute Gasteiger partial charge is 0.308 e. The van der Waals surface area contributed by atoms with Gasteiger partial charge in [0.15, 0.2) is 0 Å². The van der Waals surface area contributed by atoms with E-state index in [1.54, 1.807) is 56.1 Å². The molecule has 5 aliphatic heterocycles. The van der Waals surface area contributed by atoms with Crippen LogP contribution in [0.2, 0.25) is 0 Å². The number of hydrogen-bond donors (Lipinski definition) is 8. The van der Waals surface area contributed by atoms with E-state index in [4.69, 9.17) is 56.8 Å². The van der Waals surface area contributed by atoms with Crippen molar-refractivity contribution in [1.29, 1.82) is 0 Å². The summed E-state index contributed by atoms with van der Waals surface area (Å²) in [5.74, 6) is -5.92. The van der Waals surface area contributed by atoms with Crippen LogP contribution in [0.1, 0.15) is 198 Å². The number of carbonyl (C=O) groups excluding carboxylic acids is 2. The van der Waals surface area contributed by atoms with E-state index in [9.17, 15) is 50.4 Å². The number of methoxy groups -OCH3 is 6. The fourth-order valence-electron chi connectivity index (χ4n) is 15.7. The number of hydrogen-bond acceptors (Lipinski definition) is 22. The average Bonchev–Trinajstić information content (AvgIpc) is 0.895. The first kappa shape index (κ1) is 84.4. The van der Waals surface area contributed by atoms with E-state index < -0.39 is 158 Å². The van der Waals surface area contributed by atoms with Crippen LogP contribution >= 0.6 is 0 Å². The van der Waals surface area contributed by atoms with Gasteiger partial charge in [0.1, 0.15) is 12.2 Å². The fourth-order valence-corrected chi connectivity index (χ4v) is 15.7. The second-order valence-electron chi connectivity index (χ2n) is 30.0. The highest BCUT2D eigenvalue weighted by Gasteiger charge is 2.43. The minimum absolute atomic E-state index is 0.0365. The minimum atomic E-state index is -1.21. The second-order valence-corrected chi connectivity index (χ2v) is 30.0. The first-order valence-electron chi connectivity index (χ1n) is 36.5. The lowest BCUT2D eigenvalue weighted by atomic mass is 9.78. The van der Waals surface area contributed by atoms with E-state index in [-0.39, 0.29) is 86.4 Å². The van der Waals surface area contributed by atoms with Gasteiger partial charge in [-0.1, -0.05) is 79.7 Å². The number of fused-ring (bicyclic) bond motifs is 4. The molecule has 4 bridgehead atoms. The average molecular weight is 1370 g/mol. The Bertz CT molecular complexity index is 2080. The van der Waals surface area contributed by atoms with Gasteiger partial charge in [0, 0.05) is 117 Å². The molecule has 0 aromatic rings. The van der Waals surface area contributed by atoms with Gasteiger partial charge in [-0.15, -0.1) is 0 Å². The summed E-state index contributed by atoms with van der Waals surface area (Å²) in [6, 6.07) is 0. The predicted octanol–water partition coefficient (Wildman–Crippen LogP) is 7.91. The summed E-state index contributed by atoms with van der Waals surface area (Å²) in [6.07, 6.45) is 0.726. The number of ether oxygens (including phenoxy) is 12. The van der Waals surface area contributed by atoms with Gasteiger partial charge in [0.05, 0.1) is 147 Å². The van der Waals surface area contributed by atoms with Gasteiger partial charge in [-0.25, -0.2) is 0 Å². The summed E-state index contributed by atoms with van der Waals surface area (Å²) in [4.78, 5) is 28.2. The van der Waals surface area contributed by atoms with Crippen molar-refractivity contribution in [2.75, 3.05) is 42.7 Å². The minimum Gasteiger partial charge on any atom is -0.462 e. The Balaban J connectivity index is 1.38. The summed E-state index contributed by atoms with van der Waals surface area (Å²) in [5, 5.41) is 95.2. The number of aliphatic hydroxyl groups is 8. The van der Waals surface area contributed by atoms with E-state index in [0.29, 0.717) is 64.2 Å². The lowest BCUT2D eigenvalue weighted by molar-refractivity contribution is -0.167. The highest BCUT2D eigenvalue weighted by Crippen LogP contribution is 2.37. The van der Waals surface area contributed by atoms with Gasteiger partial charge in [-0.05, 0) is 103 Å². The molecule has 5 aliphatic rings. The van der Waals surface area contributed by atoms with Crippen LogP contribution in [0.4, 0.5) is 0 Å². The Hall–Kier alpha value is -2.30. The standard InChI is InChI=1S/C74H132O22/c1-41(23-25-57-35-59(85-11)27-43(3)91-57)71(83)49(9)73-47(7)65(79)39-63(77)45(5)67(89-15)37-55-21-18-20-54(94-55)34-62(88-14)30-52(76)32-70(82)96-74(50(10)72(84)42(2)24-26-58-36-60(86-12)28-44(4)92-58)48(8)66(80)40-64(78)46(6)68(90-16)38-56-22-17-19-53(93-56)33-61(87-13)29-51(75)31-69(81)95-73/h17-20,41-68,71-80,83-84H,21-40H2,1-16H3/t41-,42+,43-,44+,45+,46-,47-,48-,49-,50+,51+,52-,53+,54+,55+,56+,57+,58+,59-,60-,61-,62-,63-,64-,65-,66-,67+,68+,71-,72+,73+,74+/m0/s1. The van der Waals surface area contributed by atoms with Gasteiger partial charge in [0.2, 0.25) is 0 Å². The SMILES string of the molecule is CO[C@@H]1C[C@@H](CC[C@@H](C)[C@@H](O)[C@@H](C)[C@@H]2OC(=O)C[C@@H](O)C[C@H](OC)C[C@H]3C=CC[C@H](C[C@@H](OC)[C@H](C)[C@@H](O)C[C@H](O)[C@H](C)[C@H]([C@@H](C)[C@@H](O)[C@@H](C)CC[C@@H]4C[C@@H](OC)C[C@H](C)O4)OC(=O)C[C@H](O)C[C@H](OC)C[C@H]4C=CC[C@H](C[C@@H](OC)[C@@H](C)[C@@H](O)C[C@H](O)[C@@H]2C)O4)O3)O[C@H](C)C1. The molecule has 5 rings (SSSR count).